The third kappa shape index (κ3) is 5.48. The second-order valence-corrected chi connectivity index (χ2v) is 5.37. The first kappa shape index (κ1) is 14.9. The molecule has 1 N–H and O–H groups in total. The number of nitrogens with one attached hydrogen (secondary N) is 1. The maximum atomic E-state index is 9.11. The van der Waals surface area contributed by atoms with Crippen molar-refractivity contribution >= 4 is 11.8 Å². The topological polar surface area (TPSA) is 61.6 Å². The van der Waals surface area contributed by atoms with Crippen LogP contribution in [-0.2, 0) is 0 Å². The van der Waals surface area contributed by atoms with Crippen molar-refractivity contribution in [3.05, 3.63) is 18.5 Å². The van der Waals surface area contributed by atoms with Crippen LogP contribution in [0.4, 0.5) is 0 Å². The van der Waals surface area contributed by atoms with Crippen LogP contribution in [-0.4, -0.2) is 27.8 Å². The molecule has 0 radical (unpaired) electrons. The van der Waals surface area contributed by atoms with E-state index in [4.69, 9.17) is 5.26 Å². The predicted octanol–water partition coefficient (Wildman–Crippen LogP) is 2.63. The summed E-state index contributed by atoms with van der Waals surface area (Å²) in [7, 11) is 0. The highest BCUT2D eigenvalue weighted by molar-refractivity contribution is 7.99. The first-order valence-corrected chi connectivity index (χ1v) is 7.25. The molecule has 0 aliphatic rings. The molecule has 18 heavy (non-hydrogen) atoms. The van der Waals surface area contributed by atoms with E-state index < -0.39 is 0 Å². The Labute approximate surface area is 113 Å². The molecule has 0 amide bonds. The van der Waals surface area contributed by atoms with E-state index in [1.807, 2.05) is 19.9 Å². The molecule has 1 atom stereocenters. The molecular formula is C13H20N4S. The van der Waals surface area contributed by atoms with Crippen molar-refractivity contribution in [3.8, 4) is 6.07 Å². The fourth-order valence-corrected chi connectivity index (χ4v) is 2.48. The van der Waals surface area contributed by atoms with Gasteiger partial charge in [0.15, 0.2) is 5.16 Å². The summed E-state index contributed by atoms with van der Waals surface area (Å²) in [4.78, 5) is 8.32. The quantitative estimate of drug-likeness (QED) is 0.444. The molecule has 0 bridgehead atoms. The zero-order valence-electron chi connectivity index (χ0n) is 11.0. The van der Waals surface area contributed by atoms with Gasteiger partial charge in [-0.2, -0.15) is 5.26 Å². The van der Waals surface area contributed by atoms with Crippen molar-refractivity contribution in [1.29, 1.82) is 5.26 Å². The first-order chi connectivity index (χ1) is 8.70. The van der Waals surface area contributed by atoms with Crippen molar-refractivity contribution in [1.82, 2.24) is 15.3 Å². The summed E-state index contributed by atoms with van der Waals surface area (Å²) >= 11 is 1.67. The van der Waals surface area contributed by atoms with Gasteiger partial charge in [0.05, 0.1) is 6.07 Å². The van der Waals surface area contributed by atoms with E-state index in [-0.39, 0.29) is 5.54 Å². The van der Waals surface area contributed by atoms with Crippen molar-refractivity contribution in [2.45, 2.75) is 43.8 Å². The second kappa shape index (κ2) is 8.06. The van der Waals surface area contributed by atoms with Gasteiger partial charge in [-0.1, -0.05) is 18.7 Å². The Balaban J connectivity index is 2.17. The molecule has 0 aliphatic heterocycles. The van der Waals surface area contributed by atoms with Gasteiger partial charge in [0.1, 0.15) is 5.54 Å². The lowest BCUT2D eigenvalue weighted by atomic mass is 9.97. The number of hydrogen-bond donors (Lipinski definition) is 1. The Morgan fingerprint density at radius 2 is 2.11 bits per heavy atom. The molecule has 0 fully saturated rings. The third-order valence-corrected chi connectivity index (χ3v) is 3.62. The molecule has 1 rings (SSSR count). The van der Waals surface area contributed by atoms with Gasteiger partial charge < -0.3 is 0 Å². The minimum atomic E-state index is -0.386. The molecule has 0 spiro atoms. The summed E-state index contributed by atoms with van der Waals surface area (Å²) in [5.74, 6) is 0.998. The smallest absolute Gasteiger partial charge is 0.187 e. The lowest BCUT2D eigenvalue weighted by molar-refractivity contribution is 0.415. The van der Waals surface area contributed by atoms with Crippen molar-refractivity contribution in [3.63, 3.8) is 0 Å². The number of unbranched alkanes of at least 4 members (excludes halogenated alkanes) is 1. The van der Waals surface area contributed by atoms with Crippen LogP contribution in [0.2, 0.25) is 0 Å². The Morgan fingerprint density at radius 1 is 1.39 bits per heavy atom. The van der Waals surface area contributed by atoms with E-state index >= 15 is 0 Å². The van der Waals surface area contributed by atoms with Gasteiger partial charge in [-0.15, -0.1) is 0 Å². The number of nitriles is 1. The molecular weight excluding hydrogens is 244 g/mol. The van der Waals surface area contributed by atoms with Crippen LogP contribution >= 0.6 is 11.8 Å². The van der Waals surface area contributed by atoms with Crippen LogP contribution in [0.1, 0.15) is 33.1 Å². The van der Waals surface area contributed by atoms with Gasteiger partial charge in [0.25, 0.3) is 0 Å². The Hall–Kier alpha value is -1.12. The SMILES string of the molecule is CCNC(C)(C#N)CCCCSc1ncccn1. The lowest BCUT2D eigenvalue weighted by Gasteiger charge is -2.22. The largest absolute Gasteiger partial charge is 0.300 e. The van der Waals surface area contributed by atoms with Crippen molar-refractivity contribution < 1.29 is 0 Å². The van der Waals surface area contributed by atoms with Crippen LogP contribution in [0.15, 0.2) is 23.6 Å². The zero-order valence-corrected chi connectivity index (χ0v) is 11.8. The summed E-state index contributed by atoms with van der Waals surface area (Å²) in [5.41, 5.74) is -0.386. The average molecular weight is 264 g/mol. The molecule has 1 aromatic heterocycles. The third-order valence-electron chi connectivity index (χ3n) is 2.66. The van der Waals surface area contributed by atoms with E-state index in [1.54, 1.807) is 24.2 Å². The summed E-state index contributed by atoms with van der Waals surface area (Å²) in [6.07, 6.45) is 6.51. The molecule has 0 saturated carbocycles. The summed E-state index contributed by atoms with van der Waals surface area (Å²) in [5, 5.41) is 13.2. The standard InChI is InChI=1S/C13H20N4S/c1-3-17-13(2,11-14)7-4-5-10-18-12-15-8-6-9-16-12/h6,8-9,17H,3-5,7,10H2,1-2H3. The Bertz CT molecular complexity index is 376. The molecule has 0 saturated heterocycles. The zero-order chi connectivity index (χ0) is 13.3. The van der Waals surface area contributed by atoms with Crippen LogP contribution in [0, 0.1) is 11.3 Å². The summed E-state index contributed by atoms with van der Waals surface area (Å²) < 4.78 is 0. The highest BCUT2D eigenvalue weighted by atomic mass is 32.2. The second-order valence-electron chi connectivity index (χ2n) is 4.31. The molecule has 98 valence electrons. The maximum Gasteiger partial charge on any atom is 0.187 e. The van der Waals surface area contributed by atoms with E-state index in [1.165, 1.54) is 0 Å². The number of aromatic nitrogens is 2. The van der Waals surface area contributed by atoms with Gasteiger partial charge in [0, 0.05) is 18.1 Å². The van der Waals surface area contributed by atoms with Gasteiger partial charge in [-0.3, -0.25) is 5.32 Å². The molecule has 1 unspecified atom stereocenters. The van der Waals surface area contributed by atoms with Crippen molar-refractivity contribution in [2.24, 2.45) is 0 Å². The average Bonchev–Trinajstić information content (AvgIpc) is 2.40. The molecule has 0 aliphatic carbocycles. The van der Waals surface area contributed by atoms with E-state index in [2.05, 4.69) is 21.4 Å². The summed E-state index contributed by atoms with van der Waals surface area (Å²) in [6, 6.07) is 4.16. The molecule has 1 heterocycles. The lowest BCUT2D eigenvalue weighted by Crippen LogP contribution is -2.40. The van der Waals surface area contributed by atoms with E-state index in [0.717, 1.165) is 36.7 Å². The van der Waals surface area contributed by atoms with E-state index in [9.17, 15) is 0 Å². The number of rotatable bonds is 8. The van der Waals surface area contributed by atoms with Crippen LogP contribution in [0.3, 0.4) is 0 Å². The maximum absolute atomic E-state index is 9.11. The van der Waals surface area contributed by atoms with Gasteiger partial charge in [-0.05, 0) is 38.8 Å². The fraction of sp³-hybridized carbons (Fsp3) is 0.615. The Morgan fingerprint density at radius 3 is 2.72 bits per heavy atom. The normalized spacial score (nSPS) is 13.8. The van der Waals surface area contributed by atoms with Crippen LogP contribution in [0.25, 0.3) is 0 Å². The van der Waals surface area contributed by atoms with Gasteiger partial charge in [0.2, 0.25) is 0 Å². The monoisotopic (exact) mass is 264 g/mol. The molecule has 1 aromatic rings. The Kier molecular flexibility index (Phi) is 6.69. The molecule has 0 aromatic carbocycles. The highest BCUT2D eigenvalue weighted by Gasteiger charge is 2.20. The minimum absolute atomic E-state index is 0.386. The molecule has 5 heteroatoms. The summed E-state index contributed by atoms with van der Waals surface area (Å²) in [6.45, 7) is 4.82. The van der Waals surface area contributed by atoms with E-state index in [0.29, 0.717) is 0 Å². The van der Waals surface area contributed by atoms with Gasteiger partial charge in [-0.25, -0.2) is 9.97 Å². The predicted molar refractivity (Wildman–Crippen MR) is 74.3 cm³/mol. The first-order valence-electron chi connectivity index (χ1n) is 6.26. The number of nitrogens with zero attached hydrogens (tertiary/aromatic N) is 3. The number of thioether (sulfide) groups is 1. The van der Waals surface area contributed by atoms with Crippen LogP contribution < -0.4 is 5.32 Å². The minimum Gasteiger partial charge on any atom is -0.300 e. The number of hydrogen-bond acceptors (Lipinski definition) is 5. The van der Waals surface area contributed by atoms with Crippen molar-refractivity contribution in [2.75, 3.05) is 12.3 Å². The highest BCUT2D eigenvalue weighted by Crippen LogP contribution is 2.17. The fourth-order valence-electron chi connectivity index (χ4n) is 1.68. The van der Waals surface area contributed by atoms with Gasteiger partial charge >= 0.3 is 0 Å². The molecule has 4 nitrogen and oxygen atoms in total. The van der Waals surface area contributed by atoms with Crippen LogP contribution in [0.5, 0.6) is 0 Å².